The van der Waals surface area contributed by atoms with Crippen LogP contribution in [0.2, 0.25) is 0 Å². The van der Waals surface area contributed by atoms with Crippen molar-refractivity contribution in [3.8, 4) is 0 Å². The van der Waals surface area contributed by atoms with Gasteiger partial charge in [-0.25, -0.2) is 14.4 Å². The number of unbranched alkanes of at least 4 members (excludes halogenated alkanes) is 4. The molecule has 3 rings (SSSR count). The van der Waals surface area contributed by atoms with E-state index in [1.165, 1.54) is 18.8 Å². The fourth-order valence-corrected chi connectivity index (χ4v) is 7.33. The third-order valence-electron chi connectivity index (χ3n) is 11.1. The van der Waals surface area contributed by atoms with Gasteiger partial charge in [0.25, 0.3) is 5.56 Å². The third kappa shape index (κ3) is 11.0. The Hall–Kier alpha value is -4.02. The molecule has 0 aliphatic heterocycles. The lowest BCUT2D eigenvalue weighted by atomic mass is 10.0. The maximum Gasteiger partial charge on any atom is 0.338 e. The Morgan fingerprint density at radius 3 is 1.43 bits per heavy atom. The highest BCUT2D eigenvalue weighted by Crippen LogP contribution is 2.22. The molecule has 0 N–H and O–H groups in total. The van der Waals surface area contributed by atoms with Gasteiger partial charge in [0.2, 0.25) is 0 Å². The largest absolute Gasteiger partial charge is 0.465 e. The van der Waals surface area contributed by atoms with E-state index in [-0.39, 0.29) is 23.2 Å². The number of hydrogen-bond donors (Lipinski definition) is 0. The highest BCUT2D eigenvalue weighted by Gasteiger charge is 2.27. The first-order chi connectivity index (χ1) is 24.5. The van der Waals surface area contributed by atoms with Gasteiger partial charge < -0.3 is 18.4 Å². The number of nitrogens with zero attached hydrogens (tertiary/aromatic N) is 4. The van der Waals surface area contributed by atoms with Crippen LogP contribution < -0.4 is 11.2 Å². The van der Waals surface area contributed by atoms with Crippen molar-refractivity contribution in [2.24, 2.45) is 0 Å². The Bertz CT molecular complexity index is 1690. The first kappa shape index (κ1) is 41.4. The fraction of sp³-hybridized carbons (Fsp3) is 0.561. The molecule has 0 aliphatic carbocycles. The van der Waals surface area contributed by atoms with E-state index in [0.717, 1.165) is 111 Å². The number of aryl methyl sites for hydroxylation is 1. The number of esters is 2. The molecule has 0 radical (unpaired) electrons. The second-order valence-corrected chi connectivity index (χ2v) is 13.8. The van der Waals surface area contributed by atoms with Crippen LogP contribution >= 0.6 is 0 Å². The molecular formula is C41H62N4O6+2. The van der Waals surface area contributed by atoms with Crippen molar-refractivity contribution in [1.29, 1.82) is 0 Å². The van der Waals surface area contributed by atoms with E-state index in [1.54, 1.807) is 10.6 Å². The molecule has 0 atom stereocenters. The van der Waals surface area contributed by atoms with Crippen molar-refractivity contribution in [2.45, 2.75) is 99.3 Å². The van der Waals surface area contributed by atoms with Gasteiger partial charge in [-0.15, -0.1) is 0 Å². The van der Waals surface area contributed by atoms with Gasteiger partial charge >= 0.3 is 17.6 Å². The number of benzene rings is 2. The Labute approximate surface area is 304 Å². The summed E-state index contributed by atoms with van der Waals surface area (Å²) in [6, 6.07) is 17.0. The van der Waals surface area contributed by atoms with Gasteiger partial charge in [-0.3, -0.25) is 13.9 Å². The van der Waals surface area contributed by atoms with Gasteiger partial charge in [-0.05, 0) is 85.3 Å². The number of ether oxygens (including phenoxy) is 2. The molecule has 3 aromatic rings. The van der Waals surface area contributed by atoms with Crippen molar-refractivity contribution in [3.63, 3.8) is 0 Å². The fourth-order valence-electron chi connectivity index (χ4n) is 7.33. The van der Waals surface area contributed by atoms with Gasteiger partial charge in [0.15, 0.2) is 0 Å². The number of methoxy groups -OCH3 is 2. The van der Waals surface area contributed by atoms with Crippen molar-refractivity contribution < 1.29 is 28.0 Å². The molecular weight excluding hydrogens is 644 g/mol. The zero-order valence-corrected chi connectivity index (χ0v) is 32.2. The molecule has 0 bridgehead atoms. The van der Waals surface area contributed by atoms with Crippen LogP contribution in [0.25, 0.3) is 0 Å². The molecule has 1 aromatic heterocycles. The van der Waals surface area contributed by atoms with Crippen LogP contribution in [0.3, 0.4) is 0 Å². The van der Waals surface area contributed by atoms with E-state index in [1.807, 2.05) is 55.5 Å². The first-order valence-electron chi connectivity index (χ1n) is 18.9. The monoisotopic (exact) mass is 706 g/mol. The zero-order valence-electron chi connectivity index (χ0n) is 32.2. The zero-order chi connectivity index (χ0) is 37.4. The lowest BCUT2D eigenvalue weighted by Crippen LogP contribution is -2.48. The minimum Gasteiger partial charge on any atom is -0.465 e. The molecule has 280 valence electrons. The van der Waals surface area contributed by atoms with Gasteiger partial charge in [-0.1, -0.05) is 36.4 Å². The van der Waals surface area contributed by atoms with E-state index in [9.17, 15) is 19.2 Å². The van der Waals surface area contributed by atoms with E-state index in [2.05, 4.69) is 27.7 Å². The summed E-state index contributed by atoms with van der Waals surface area (Å²) < 4.78 is 14.9. The van der Waals surface area contributed by atoms with Crippen molar-refractivity contribution in [2.75, 3.05) is 53.5 Å². The molecule has 1 heterocycles. The Morgan fingerprint density at radius 1 is 0.608 bits per heavy atom. The summed E-state index contributed by atoms with van der Waals surface area (Å²) in [7, 11) is 2.83. The molecule has 0 spiro atoms. The second-order valence-electron chi connectivity index (χ2n) is 13.8. The summed E-state index contributed by atoms with van der Waals surface area (Å²) in [5, 5.41) is 0. The molecule has 0 saturated carbocycles. The second kappa shape index (κ2) is 20.1. The van der Waals surface area contributed by atoms with Crippen LogP contribution in [0.5, 0.6) is 0 Å². The minimum atomic E-state index is -0.310. The van der Waals surface area contributed by atoms with E-state index >= 15 is 0 Å². The van der Waals surface area contributed by atoms with Crippen molar-refractivity contribution in [3.05, 3.63) is 103 Å². The minimum absolute atomic E-state index is 0.224. The molecule has 10 heteroatoms. The summed E-state index contributed by atoms with van der Waals surface area (Å²) in [6.45, 7) is 18.8. The number of carbonyl (C=O) groups excluding carboxylic acids is 2. The Balaban J connectivity index is 1.56. The van der Waals surface area contributed by atoms with Crippen molar-refractivity contribution >= 4 is 11.9 Å². The predicted molar refractivity (Wildman–Crippen MR) is 203 cm³/mol. The quantitative estimate of drug-likeness (QED) is 0.0687. The summed E-state index contributed by atoms with van der Waals surface area (Å²) in [6.07, 6.45) is 5.41. The first-order valence-corrected chi connectivity index (χ1v) is 18.9. The molecule has 0 saturated heterocycles. The smallest absolute Gasteiger partial charge is 0.338 e. The van der Waals surface area contributed by atoms with E-state index in [4.69, 9.17) is 9.47 Å². The van der Waals surface area contributed by atoms with Gasteiger partial charge in [0, 0.05) is 36.0 Å². The topological polar surface area (TPSA) is 96.6 Å². The Morgan fingerprint density at radius 2 is 1.02 bits per heavy atom. The number of rotatable bonds is 22. The predicted octanol–water partition coefficient (Wildman–Crippen LogP) is 6.35. The molecule has 51 heavy (non-hydrogen) atoms. The van der Waals surface area contributed by atoms with E-state index < -0.39 is 0 Å². The summed E-state index contributed by atoms with van der Waals surface area (Å²) >= 11 is 0. The SMILES string of the molecule is CC[N+](CC)(CCCCCn1c(C)cc(=O)n(CCCCC[N+](CC)(CC)Cc2ccccc2C(=O)OC)c1=O)Cc1ccccc1C(=O)OC. The summed E-state index contributed by atoms with van der Waals surface area (Å²) in [5.41, 5.74) is 3.49. The normalized spacial score (nSPS) is 11.8. The molecule has 10 nitrogen and oxygen atoms in total. The third-order valence-corrected chi connectivity index (χ3v) is 11.1. The lowest BCUT2D eigenvalue weighted by Gasteiger charge is -2.37. The van der Waals surface area contributed by atoms with Crippen LogP contribution in [0.1, 0.15) is 104 Å². The van der Waals surface area contributed by atoms with E-state index in [0.29, 0.717) is 29.9 Å². The highest BCUT2D eigenvalue weighted by molar-refractivity contribution is 5.91. The molecule has 2 aromatic carbocycles. The van der Waals surface area contributed by atoms with Crippen LogP contribution in [0.4, 0.5) is 0 Å². The molecule has 0 fully saturated rings. The number of carbonyl (C=O) groups is 2. The number of hydrogen-bond acceptors (Lipinski definition) is 6. The van der Waals surface area contributed by atoms with Crippen LogP contribution in [0.15, 0.2) is 64.2 Å². The van der Waals surface area contributed by atoms with Gasteiger partial charge in [-0.2, -0.15) is 0 Å². The maximum absolute atomic E-state index is 13.5. The van der Waals surface area contributed by atoms with Gasteiger partial charge in [0.05, 0.1) is 64.6 Å². The lowest BCUT2D eigenvalue weighted by molar-refractivity contribution is -0.938. The average Bonchev–Trinajstić information content (AvgIpc) is 3.15. The summed E-state index contributed by atoms with van der Waals surface area (Å²) in [4.78, 5) is 51.2. The standard InChI is InChI=1S/C41H62N4O6/c1-8-44(9-2,31-34-22-14-16-24-36(34)39(47)50-6)28-20-12-18-26-42-33(5)30-38(46)43(41(42)49)27-19-13-21-29-45(10-3,11-4)32-35-23-15-17-25-37(35)40(48)51-7/h14-17,22-25,30H,8-13,18-21,26-29,31-32H2,1-7H3/q+2. The maximum atomic E-state index is 13.5. The molecule has 0 aliphatic rings. The van der Waals surface area contributed by atoms with Crippen LogP contribution in [-0.2, 0) is 35.7 Å². The van der Waals surface area contributed by atoms with Crippen LogP contribution in [-0.4, -0.2) is 83.5 Å². The highest BCUT2D eigenvalue weighted by atomic mass is 16.5. The molecule has 0 amide bonds. The van der Waals surface area contributed by atoms with Crippen LogP contribution in [0, 0.1) is 6.92 Å². The van der Waals surface area contributed by atoms with Gasteiger partial charge in [0.1, 0.15) is 13.1 Å². The number of quaternary nitrogens is 2. The number of aromatic nitrogens is 2. The summed E-state index contributed by atoms with van der Waals surface area (Å²) in [5.74, 6) is -0.613. The molecule has 0 unspecified atom stereocenters. The average molecular weight is 707 g/mol. The Kier molecular flexibility index (Phi) is 16.3. The van der Waals surface area contributed by atoms with Crippen molar-refractivity contribution in [1.82, 2.24) is 9.13 Å².